The number of nitrogens with zero attached hydrogens (tertiary/aromatic N) is 2. The number of benzene rings is 1. The number of hydrogen-bond donors (Lipinski definition) is 0. The van der Waals surface area contributed by atoms with E-state index >= 15 is 0 Å². The zero-order valence-electron chi connectivity index (χ0n) is 8.27. The molecule has 72 valence electrons. The zero-order chi connectivity index (χ0) is 9.97. The molecule has 14 heavy (non-hydrogen) atoms. The summed E-state index contributed by atoms with van der Waals surface area (Å²) in [4.78, 5) is 4.30. The number of hydrogen-bond acceptors (Lipinski definition) is 3. The Bertz CT molecular complexity index is 406. The monoisotopic (exact) mass is 188 g/mol. The molecule has 0 amide bonds. The third-order valence-corrected chi connectivity index (χ3v) is 1.97. The van der Waals surface area contributed by atoms with Gasteiger partial charge in [-0.15, -0.1) is 0 Å². The fourth-order valence-electron chi connectivity index (χ4n) is 1.17. The van der Waals surface area contributed by atoms with Crippen molar-refractivity contribution in [2.24, 2.45) is 0 Å². The predicted molar refractivity (Wildman–Crippen MR) is 53.8 cm³/mol. The van der Waals surface area contributed by atoms with Crippen molar-refractivity contribution in [1.29, 1.82) is 0 Å². The fourth-order valence-corrected chi connectivity index (χ4v) is 1.17. The maximum atomic E-state index is 5.12. The molecule has 0 saturated heterocycles. The highest BCUT2D eigenvalue weighted by molar-refractivity contribution is 5.53. The number of aromatic nitrogens is 2. The van der Waals surface area contributed by atoms with E-state index in [4.69, 9.17) is 4.52 Å². The summed E-state index contributed by atoms with van der Waals surface area (Å²) in [5, 5.41) is 3.92. The summed E-state index contributed by atoms with van der Waals surface area (Å²) in [6.45, 7) is 4.06. The molecule has 2 rings (SSSR count). The van der Waals surface area contributed by atoms with Crippen LogP contribution in [-0.4, -0.2) is 10.1 Å². The molecule has 0 bridgehead atoms. The Morgan fingerprint density at radius 3 is 2.43 bits per heavy atom. The predicted octanol–water partition coefficient (Wildman–Crippen LogP) is 2.86. The molecular formula is C11H12N2O. The largest absolute Gasteiger partial charge is 0.339 e. The summed E-state index contributed by atoms with van der Waals surface area (Å²) in [7, 11) is 0. The maximum Gasteiger partial charge on any atom is 0.229 e. The Kier molecular flexibility index (Phi) is 2.31. The fraction of sp³-hybridized carbons (Fsp3) is 0.273. The van der Waals surface area contributed by atoms with Crippen molar-refractivity contribution in [2.75, 3.05) is 0 Å². The quantitative estimate of drug-likeness (QED) is 0.727. The molecule has 1 heterocycles. The average molecular weight is 188 g/mol. The number of rotatable bonds is 2. The lowest BCUT2D eigenvalue weighted by atomic mass is 10.2. The van der Waals surface area contributed by atoms with Gasteiger partial charge in [0.2, 0.25) is 11.7 Å². The molecule has 3 nitrogen and oxygen atoms in total. The van der Waals surface area contributed by atoms with Crippen LogP contribution in [0.1, 0.15) is 25.7 Å². The summed E-state index contributed by atoms with van der Waals surface area (Å²) in [5.74, 6) is 1.62. The lowest BCUT2D eigenvalue weighted by Gasteiger charge is -1.93. The van der Waals surface area contributed by atoms with Gasteiger partial charge < -0.3 is 4.52 Å². The standard InChI is InChI=1S/C11H12N2O/c1-8(2)11-12-10(13-14-11)9-6-4-3-5-7-9/h3-8H,1-2H3. The Morgan fingerprint density at radius 2 is 1.86 bits per heavy atom. The molecule has 0 saturated carbocycles. The van der Waals surface area contributed by atoms with Gasteiger partial charge in [-0.3, -0.25) is 0 Å². The van der Waals surface area contributed by atoms with E-state index in [9.17, 15) is 0 Å². The minimum atomic E-state index is 0.278. The Hall–Kier alpha value is -1.64. The van der Waals surface area contributed by atoms with E-state index < -0.39 is 0 Å². The zero-order valence-corrected chi connectivity index (χ0v) is 8.27. The lowest BCUT2D eigenvalue weighted by molar-refractivity contribution is 0.365. The van der Waals surface area contributed by atoms with Gasteiger partial charge in [-0.1, -0.05) is 49.3 Å². The Morgan fingerprint density at radius 1 is 1.14 bits per heavy atom. The van der Waals surface area contributed by atoms with Gasteiger partial charge in [0.25, 0.3) is 0 Å². The van der Waals surface area contributed by atoms with E-state index in [-0.39, 0.29) is 5.92 Å². The molecule has 1 aromatic carbocycles. The van der Waals surface area contributed by atoms with Gasteiger partial charge in [-0.25, -0.2) is 0 Å². The van der Waals surface area contributed by atoms with Gasteiger partial charge in [-0.05, 0) is 0 Å². The first-order valence-electron chi connectivity index (χ1n) is 4.66. The summed E-state index contributed by atoms with van der Waals surface area (Å²) in [6.07, 6.45) is 0. The molecule has 0 fully saturated rings. The third kappa shape index (κ3) is 1.66. The van der Waals surface area contributed by atoms with Crippen LogP contribution >= 0.6 is 0 Å². The van der Waals surface area contributed by atoms with E-state index in [1.807, 2.05) is 44.2 Å². The first-order chi connectivity index (χ1) is 6.77. The minimum absolute atomic E-state index is 0.278. The smallest absolute Gasteiger partial charge is 0.229 e. The second-order valence-corrected chi connectivity index (χ2v) is 3.48. The van der Waals surface area contributed by atoms with Crippen molar-refractivity contribution in [2.45, 2.75) is 19.8 Å². The molecule has 0 N–H and O–H groups in total. The van der Waals surface area contributed by atoms with Crippen molar-refractivity contribution >= 4 is 0 Å². The highest BCUT2D eigenvalue weighted by Crippen LogP contribution is 2.18. The Balaban J connectivity index is 2.34. The highest BCUT2D eigenvalue weighted by Gasteiger charge is 2.10. The van der Waals surface area contributed by atoms with Crippen LogP contribution < -0.4 is 0 Å². The SMILES string of the molecule is CC(C)c1nc(-c2ccccc2)no1. The minimum Gasteiger partial charge on any atom is -0.339 e. The molecule has 1 aromatic heterocycles. The van der Waals surface area contributed by atoms with Crippen LogP contribution in [0.2, 0.25) is 0 Å². The average Bonchev–Trinajstić information content (AvgIpc) is 2.68. The normalized spacial score (nSPS) is 10.8. The van der Waals surface area contributed by atoms with Gasteiger partial charge in [0, 0.05) is 11.5 Å². The van der Waals surface area contributed by atoms with Crippen LogP contribution in [-0.2, 0) is 0 Å². The molecule has 2 aromatic rings. The van der Waals surface area contributed by atoms with E-state index in [1.54, 1.807) is 0 Å². The topological polar surface area (TPSA) is 38.9 Å². The second kappa shape index (κ2) is 3.62. The van der Waals surface area contributed by atoms with Gasteiger partial charge >= 0.3 is 0 Å². The van der Waals surface area contributed by atoms with Crippen molar-refractivity contribution < 1.29 is 4.52 Å². The molecule has 0 unspecified atom stereocenters. The van der Waals surface area contributed by atoms with Crippen LogP contribution in [0.15, 0.2) is 34.9 Å². The van der Waals surface area contributed by atoms with Crippen LogP contribution in [0.4, 0.5) is 0 Å². The van der Waals surface area contributed by atoms with Crippen LogP contribution in [0.5, 0.6) is 0 Å². The summed E-state index contributed by atoms with van der Waals surface area (Å²) in [5.41, 5.74) is 0.989. The molecular weight excluding hydrogens is 176 g/mol. The first kappa shape index (κ1) is 8.94. The van der Waals surface area contributed by atoms with Crippen LogP contribution in [0.3, 0.4) is 0 Å². The lowest BCUT2D eigenvalue weighted by Crippen LogP contribution is -1.86. The van der Waals surface area contributed by atoms with Crippen molar-refractivity contribution in [3.05, 3.63) is 36.2 Å². The second-order valence-electron chi connectivity index (χ2n) is 3.48. The Labute approximate surface area is 82.8 Å². The van der Waals surface area contributed by atoms with E-state index in [1.165, 1.54) is 0 Å². The maximum absolute atomic E-state index is 5.12. The highest BCUT2D eigenvalue weighted by atomic mass is 16.5. The molecule has 0 radical (unpaired) electrons. The summed E-state index contributed by atoms with van der Waals surface area (Å²) >= 11 is 0. The molecule has 0 spiro atoms. The van der Waals surface area contributed by atoms with Gasteiger partial charge in [-0.2, -0.15) is 4.98 Å². The molecule has 0 aliphatic carbocycles. The summed E-state index contributed by atoms with van der Waals surface area (Å²) in [6, 6.07) is 9.82. The van der Waals surface area contributed by atoms with Crippen molar-refractivity contribution in [1.82, 2.24) is 10.1 Å². The van der Waals surface area contributed by atoms with E-state index in [0.29, 0.717) is 11.7 Å². The van der Waals surface area contributed by atoms with Crippen LogP contribution in [0, 0.1) is 0 Å². The first-order valence-corrected chi connectivity index (χ1v) is 4.66. The van der Waals surface area contributed by atoms with Crippen molar-refractivity contribution in [3.8, 4) is 11.4 Å². The summed E-state index contributed by atoms with van der Waals surface area (Å²) < 4.78 is 5.12. The van der Waals surface area contributed by atoms with Gasteiger partial charge in [0.1, 0.15) is 0 Å². The molecule has 0 aliphatic heterocycles. The molecule has 0 atom stereocenters. The van der Waals surface area contributed by atoms with E-state index in [0.717, 1.165) is 5.56 Å². The molecule has 0 aliphatic rings. The van der Waals surface area contributed by atoms with E-state index in [2.05, 4.69) is 10.1 Å². The van der Waals surface area contributed by atoms with Crippen LogP contribution in [0.25, 0.3) is 11.4 Å². The van der Waals surface area contributed by atoms with Gasteiger partial charge in [0.05, 0.1) is 0 Å². The van der Waals surface area contributed by atoms with Gasteiger partial charge in [0.15, 0.2) is 0 Å². The third-order valence-electron chi connectivity index (χ3n) is 1.97. The van der Waals surface area contributed by atoms with Crippen molar-refractivity contribution in [3.63, 3.8) is 0 Å². The molecule has 3 heteroatoms.